The molecule has 3 aromatic heterocycles. The molecule has 3 aromatic rings. The molecule has 1 saturated heterocycles. The highest BCUT2D eigenvalue weighted by Crippen LogP contribution is 2.29. The van der Waals surface area contributed by atoms with Crippen LogP contribution in [0.2, 0.25) is 0 Å². The lowest BCUT2D eigenvalue weighted by Crippen LogP contribution is -2.42. The first-order valence-corrected chi connectivity index (χ1v) is 10.5. The van der Waals surface area contributed by atoms with Crippen molar-refractivity contribution in [2.24, 2.45) is 5.92 Å². The number of carbonyl (C=O) groups excluding carboxylic acids is 2. The molecule has 2 amide bonds. The topological polar surface area (TPSA) is 122 Å². The van der Waals surface area contributed by atoms with Gasteiger partial charge < -0.3 is 20.0 Å². The molecule has 1 atom stereocenters. The van der Waals surface area contributed by atoms with Gasteiger partial charge in [-0.2, -0.15) is 4.98 Å². The molecule has 11 heteroatoms. The number of amides is 2. The Morgan fingerprint density at radius 3 is 3.03 bits per heavy atom. The Balaban J connectivity index is 1.48. The number of hydrogen-bond donors (Lipinski definition) is 2. The zero-order chi connectivity index (χ0) is 21.1. The number of nitrogens with one attached hydrogen (secondary N) is 2. The Labute approximate surface area is 175 Å². The molecule has 158 valence electrons. The monoisotopic (exact) mass is 430 g/mol. The number of anilines is 1. The van der Waals surface area contributed by atoms with Crippen LogP contribution in [0.1, 0.15) is 18.6 Å². The summed E-state index contributed by atoms with van der Waals surface area (Å²) in [6.07, 6.45) is 4.58. The van der Waals surface area contributed by atoms with Gasteiger partial charge in [-0.1, -0.05) is 11.3 Å². The van der Waals surface area contributed by atoms with E-state index in [4.69, 9.17) is 4.42 Å². The van der Waals surface area contributed by atoms with Gasteiger partial charge in [0.1, 0.15) is 23.3 Å². The lowest BCUT2D eigenvalue weighted by atomic mass is 9.98. The maximum Gasteiger partial charge on any atom is 0.273 e. The Bertz CT molecular complexity index is 1110. The first-order chi connectivity index (χ1) is 14.5. The van der Waals surface area contributed by atoms with E-state index in [0.717, 1.165) is 19.4 Å². The van der Waals surface area contributed by atoms with Gasteiger partial charge in [-0.05, 0) is 25.0 Å². The third-order valence-corrected chi connectivity index (χ3v) is 6.13. The molecular weight excluding hydrogens is 408 g/mol. The van der Waals surface area contributed by atoms with Gasteiger partial charge in [0.15, 0.2) is 10.8 Å². The number of thiazole rings is 1. The Hall–Kier alpha value is -3.21. The number of nitrogens with zero attached hydrogens (tertiary/aromatic N) is 4. The van der Waals surface area contributed by atoms with Crippen molar-refractivity contribution in [3.63, 3.8) is 0 Å². The SMILES string of the molecule is CNC(=O)C1CCCN(c2nc3ncn(CC(=O)NCc4ccco4)c(=O)c3s2)C1. The maximum atomic E-state index is 12.8. The molecule has 0 aromatic carbocycles. The summed E-state index contributed by atoms with van der Waals surface area (Å²) in [5.41, 5.74) is 0.0473. The predicted octanol–water partition coefficient (Wildman–Crippen LogP) is 0.725. The van der Waals surface area contributed by atoms with Crippen LogP contribution in [-0.4, -0.2) is 46.5 Å². The summed E-state index contributed by atoms with van der Waals surface area (Å²) in [7, 11) is 1.64. The van der Waals surface area contributed by atoms with Gasteiger partial charge in [0.05, 0.1) is 18.7 Å². The highest BCUT2D eigenvalue weighted by atomic mass is 32.1. The van der Waals surface area contributed by atoms with E-state index in [0.29, 0.717) is 27.8 Å². The van der Waals surface area contributed by atoms with Crippen LogP contribution in [-0.2, 0) is 22.7 Å². The summed E-state index contributed by atoms with van der Waals surface area (Å²) in [4.78, 5) is 47.7. The second kappa shape index (κ2) is 8.66. The van der Waals surface area contributed by atoms with Gasteiger partial charge in [0, 0.05) is 20.1 Å². The zero-order valence-electron chi connectivity index (χ0n) is 16.5. The van der Waals surface area contributed by atoms with E-state index in [1.807, 2.05) is 4.90 Å². The van der Waals surface area contributed by atoms with Crippen LogP contribution >= 0.6 is 11.3 Å². The first kappa shape index (κ1) is 20.1. The normalized spacial score (nSPS) is 16.6. The molecule has 4 heterocycles. The molecule has 10 nitrogen and oxygen atoms in total. The van der Waals surface area contributed by atoms with Crippen LogP contribution < -0.4 is 21.1 Å². The van der Waals surface area contributed by atoms with Crippen molar-refractivity contribution in [2.45, 2.75) is 25.9 Å². The number of furan rings is 1. The van der Waals surface area contributed by atoms with Gasteiger partial charge >= 0.3 is 0 Å². The summed E-state index contributed by atoms with van der Waals surface area (Å²) in [5, 5.41) is 6.07. The predicted molar refractivity (Wildman–Crippen MR) is 111 cm³/mol. The van der Waals surface area contributed by atoms with Gasteiger partial charge in [-0.3, -0.25) is 19.0 Å². The Morgan fingerprint density at radius 2 is 2.27 bits per heavy atom. The fourth-order valence-corrected chi connectivity index (χ4v) is 4.47. The summed E-state index contributed by atoms with van der Waals surface area (Å²) in [6, 6.07) is 3.50. The van der Waals surface area contributed by atoms with E-state index in [1.165, 1.54) is 28.5 Å². The van der Waals surface area contributed by atoms with Crippen LogP contribution in [0.5, 0.6) is 0 Å². The molecular formula is C19H22N6O4S. The van der Waals surface area contributed by atoms with E-state index in [-0.39, 0.29) is 36.4 Å². The van der Waals surface area contributed by atoms with Crippen molar-refractivity contribution >= 4 is 38.6 Å². The average Bonchev–Trinajstić information content (AvgIpc) is 3.44. The van der Waals surface area contributed by atoms with Gasteiger partial charge in [-0.25, -0.2) is 4.98 Å². The summed E-state index contributed by atoms with van der Waals surface area (Å²) in [5.74, 6) is 0.233. The van der Waals surface area contributed by atoms with E-state index < -0.39 is 0 Å². The number of aromatic nitrogens is 3. The fourth-order valence-electron chi connectivity index (χ4n) is 3.46. The van der Waals surface area contributed by atoms with Crippen molar-refractivity contribution in [3.8, 4) is 0 Å². The van der Waals surface area contributed by atoms with E-state index in [1.54, 1.807) is 19.2 Å². The van der Waals surface area contributed by atoms with Crippen molar-refractivity contribution in [1.29, 1.82) is 0 Å². The second-order valence-corrected chi connectivity index (χ2v) is 8.06. The summed E-state index contributed by atoms with van der Waals surface area (Å²) in [6.45, 7) is 1.44. The molecule has 4 rings (SSSR count). The van der Waals surface area contributed by atoms with Crippen molar-refractivity contribution in [3.05, 3.63) is 40.8 Å². The maximum absolute atomic E-state index is 12.8. The highest BCUT2D eigenvalue weighted by molar-refractivity contribution is 7.22. The lowest BCUT2D eigenvalue weighted by Gasteiger charge is -2.31. The summed E-state index contributed by atoms with van der Waals surface area (Å²) < 4.78 is 6.84. The standard InChI is InChI=1S/C19H22N6O4S/c1-20-17(27)12-4-2-6-24(9-12)19-23-16-15(30-19)18(28)25(11-22-16)10-14(26)21-8-13-5-3-7-29-13/h3,5,7,11-12H,2,4,6,8-10H2,1H3,(H,20,27)(H,21,26). The van der Waals surface area contributed by atoms with Crippen LogP contribution in [0.4, 0.5) is 5.13 Å². The second-order valence-electron chi connectivity index (χ2n) is 7.08. The van der Waals surface area contributed by atoms with Gasteiger partial charge in [0.25, 0.3) is 5.56 Å². The minimum Gasteiger partial charge on any atom is -0.467 e. The quantitative estimate of drug-likeness (QED) is 0.591. The van der Waals surface area contributed by atoms with Crippen molar-refractivity contribution < 1.29 is 14.0 Å². The molecule has 1 aliphatic heterocycles. The van der Waals surface area contributed by atoms with E-state index in [2.05, 4.69) is 20.6 Å². The number of hydrogen-bond acceptors (Lipinski definition) is 8. The third kappa shape index (κ3) is 4.20. The first-order valence-electron chi connectivity index (χ1n) is 9.66. The number of fused-ring (bicyclic) bond motifs is 1. The molecule has 0 aliphatic carbocycles. The van der Waals surface area contributed by atoms with E-state index >= 15 is 0 Å². The number of piperidine rings is 1. The molecule has 1 unspecified atom stereocenters. The van der Waals surface area contributed by atoms with Crippen LogP contribution in [0.25, 0.3) is 10.3 Å². The largest absolute Gasteiger partial charge is 0.467 e. The Morgan fingerprint density at radius 1 is 1.40 bits per heavy atom. The van der Waals surface area contributed by atoms with Gasteiger partial charge in [0.2, 0.25) is 11.8 Å². The highest BCUT2D eigenvalue weighted by Gasteiger charge is 2.27. The number of rotatable bonds is 6. The van der Waals surface area contributed by atoms with Crippen LogP contribution in [0.3, 0.4) is 0 Å². The van der Waals surface area contributed by atoms with Gasteiger partial charge in [-0.15, -0.1) is 0 Å². The number of carbonyl (C=O) groups is 2. The third-order valence-electron chi connectivity index (χ3n) is 5.04. The smallest absolute Gasteiger partial charge is 0.273 e. The van der Waals surface area contributed by atoms with Crippen LogP contribution in [0, 0.1) is 5.92 Å². The van der Waals surface area contributed by atoms with Crippen molar-refractivity contribution in [1.82, 2.24) is 25.2 Å². The summed E-state index contributed by atoms with van der Waals surface area (Å²) >= 11 is 1.24. The van der Waals surface area contributed by atoms with Crippen LogP contribution in [0.15, 0.2) is 33.9 Å². The van der Waals surface area contributed by atoms with E-state index in [9.17, 15) is 14.4 Å². The van der Waals surface area contributed by atoms with Crippen molar-refractivity contribution in [2.75, 3.05) is 25.0 Å². The Kier molecular flexibility index (Phi) is 5.79. The zero-order valence-corrected chi connectivity index (χ0v) is 17.3. The molecule has 1 aliphatic rings. The molecule has 30 heavy (non-hydrogen) atoms. The average molecular weight is 430 g/mol. The molecule has 0 saturated carbocycles. The lowest BCUT2D eigenvalue weighted by molar-refractivity contribution is -0.124. The molecule has 0 bridgehead atoms. The molecule has 1 fully saturated rings. The molecule has 0 radical (unpaired) electrons. The minimum atomic E-state index is -0.316. The minimum absolute atomic E-state index is 0.0156. The molecule has 0 spiro atoms. The fraction of sp³-hybridized carbons (Fsp3) is 0.421. The molecule has 2 N–H and O–H groups in total.